The lowest BCUT2D eigenvalue weighted by Crippen LogP contribution is -2.14. The fourth-order valence-corrected chi connectivity index (χ4v) is 4.93. The van der Waals surface area contributed by atoms with E-state index >= 15 is 0 Å². The lowest BCUT2D eigenvalue weighted by molar-refractivity contribution is 0.600. The van der Waals surface area contributed by atoms with Gasteiger partial charge < -0.3 is 0 Å². The SMILES string of the molecule is Cc1c(Cl)cccc1S(=O)(=O)Nc1nc(CCc2ccccc2)cs1. The van der Waals surface area contributed by atoms with Crippen LogP contribution in [0.3, 0.4) is 0 Å². The molecular weight excluding hydrogens is 376 g/mol. The van der Waals surface area contributed by atoms with E-state index < -0.39 is 10.0 Å². The molecule has 0 saturated heterocycles. The van der Waals surface area contributed by atoms with Gasteiger partial charge in [0.25, 0.3) is 10.0 Å². The van der Waals surface area contributed by atoms with Crippen molar-refractivity contribution in [3.8, 4) is 0 Å². The fourth-order valence-electron chi connectivity index (χ4n) is 2.43. The monoisotopic (exact) mass is 392 g/mol. The van der Waals surface area contributed by atoms with Gasteiger partial charge in [-0.1, -0.05) is 48.0 Å². The Morgan fingerprint density at radius 1 is 1.08 bits per heavy atom. The summed E-state index contributed by atoms with van der Waals surface area (Å²) in [6, 6.07) is 14.9. The Hall–Kier alpha value is -1.89. The molecule has 25 heavy (non-hydrogen) atoms. The lowest BCUT2D eigenvalue weighted by atomic mass is 10.1. The fraction of sp³-hybridized carbons (Fsp3) is 0.167. The molecule has 7 heteroatoms. The Kier molecular flexibility index (Phi) is 5.42. The van der Waals surface area contributed by atoms with E-state index in [1.54, 1.807) is 19.1 Å². The van der Waals surface area contributed by atoms with Gasteiger partial charge in [-0.05, 0) is 43.0 Å². The van der Waals surface area contributed by atoms with E-state index in [1.807, 2.05) is 23.6 Å². The van der Waals surface area contributed by atoms with Crippen molar-refractivity contribution in [1.82, 2.24) is 4.98 Å². The van der Waals surface area contributed by atoms with Crippen LogP contribution in [0.4, 0.5) is 5.13 Å². The highest BCUT2D eigenvalue weighted by atomic mass is 35.5. The smallest absolute Gasteiger partial charge is 0.255 e. The Morgan fingerprint density at radius 3 is 2.60 bits per heavy atom. The Labute approximate surface area is 156 Å². The summed E-state index contributed by atoms with van der Waals surface area (Å²) in [5, 5.41) is 2.67. The maximum atomic E-state index is 12.6. The number of rotatable bonds is 6. The zero-order valence-electron chi connectivity index (χ0n) is 13.6. The second-order valence-corrected chi connectivity index (χ2v) is 8.51. The van der Waals surface area contributed by atoms with Gasteiger partial charge in [-0.25, -0.2) is 13.4 Å². The van der Waals surface area contributed by atoms with E-state index in [1.165, 1.54) is 23.0 Å². The van der Waals surface area contributed by atoms with Crippen molar-refractivity contribution < 1.29 is 8.42 Å². The van der Waals surface area contributed by atoms with Crippen molar-refractivity contribution >= 4 is 38.1 Å². The number of aryl methyl sites for hydroxylation is 2. The third-order valence-corrected chi connectivity index (χ3v) is 6.62. The molecule has 0 spiro atoms. The number of nitrogens with one attached hydrogen (secondary N) is 1. The molecule has 130 valence electrons. The number of anilines is 1. The van der Waals surface area contributed by atoms with E-state index in [-0.39, 0.29) is 4.90 Å². The summed E-state index contributed by atoms with van der Waals surface area (Å²) in [4.78, 5) is 4.55. The topological polar surface area (TPSA) is 59.1 Å². The predicted molar refractivity (Wildman–Crippen MR) is 103 cm³/mol. The van der Waals surface area contributed by atoms with Gasteiger partial charge in [0.15, 0.2) is 5.13 Å². The molecule has 3 aromatic rings. The van der Waals surface area contributed by atoms with Crippen LogP contribution in [0, 0.1) is 6.92 Å². The number of halogens is 1. The quantitative estimate of drug-likeness (QED) is 0.661. The molecule has 2 aromatic carbocycles. The van der Waals surface area contributed by atoms with Crippen LogP contribution in [0.5, 0.6) is 0 Å². The summed E-state index contributed by atoms with van der Waals surface area (Å²) in [6.45, 7) is 1.68. The highest BCUT2D eigenvalue weighted by molar-refractivity contribution is 7.93. The first-order valence-electron chi connectivity index (χ1n) is 7.72. The third-order valence-electron chi connectivity index (χ3n) is 3.79. The van der Waals surface area contributed by atoms with E-state index in [2.05, 4.69) is 21.8 Å². The molecule has 0 aliphatic carbocycles. The second-order valence-electron chi connectivity index (χ2n) is 5.60. The summed E-state index contributed by atoms with van der Waals surface area (Å²) in [6.07, 6.45) is 1.63. The molecule has 0 saturated carbocycles. The highest BCUT2D eigenvalue weighted by Gasteiger charge is 2.19. The molecule has 1 aromatic heterocycles. The second kappa shape index (κ2) is 7.56. The van der Waals surface area contributed by atoms with Crippen LogP contribution >= 0.6 is 22.9 Å². The van der Waals surface area contributed by atoms with Crippen LogP contribution in [0.15, 0.2) is 58.8 Å². The van der Waals surface area contributed by atoms with Gasteiger partial charge in [-0.2, -0.15) is 0 Å². The number of benzene rings is 2. The van der Waals surface area contributed by atoms with Gasteiger partial charge in [0.1, 0.15) is 0 Å². The number of sulfonamides is 1. The van der Waals surface area contributed by atoms with Crippen molar-refractivity contribution in [2.45, 2.75) is 24.7 Å². The van der Waals surface area contributed by atoms with Crippen molar-refractivity contribution in [3.63, 3.8) is 0 Å². The first-order chi connectivity index (χ1) is 12.0. The van der Waals surface area contributed by atoms with Gasteiger partial charge >= 0.3 is 0 Å². The largest absolute Gasteiger partial charge is 0.263 e. The van der Waals surface area contributed by atoms with Crippen LogP contribution in [0.25, 0.3) is 0 Å². The van der Waals surface area contributed by atoms with Gasteiger partial charge in [-0.15, -0.1) is 11.3 Å². The highest BCUT2D eigenvalue weighted by Crippen LogP contribution is 2.26. The number of hydrogen-bond donors (Lipinski definition) is 1. The zero-order chi connectivity index (χ0) is 17.9. The van der Waals surface area contributed by atoms with Gasteiger partial charge in [0, 0.05) is 10.4 Å². The number of aromatic nitrogens is 1. The molecule has 1 heterocycles. The minimum atomic E-state index is -3.71. The average molecular weight is 393 g/mol. The van der Waals surface area contributed by atoms with E-state index in [0.717, 1.165) is 18.5 Å². The minimum absolute atomic E-state index is 0.168. The summed E-state index contributed by atoms with van der Waals surface area (Å²) in [5.41, 5.74) is 2.62. The van der Waals surface area contributed by atoms with E-state index in [4.69, 9.17) is 11.6 Å². The van der Waals surface area contributed by atoms with Gasteiger partial charge in [-0.3, -0.25) is 4.72 Å². The molecule has 0 amide bonds. The lowest BCUT2D eigenvalue weighted by Gasteiger charge is -2.09. The summed E-state index contributed by atoms with van der Waals surface area (Å²) >= 11 is 7.30. The number of hydrogen-bond acceptors (Lipinski definition) is 4. The predicted octanol–water partition coefficient (Wildman–Crippen LogP) is 4.69. The molecule has 3 rings (SSSR count). The Balaban J connectivity index is 1.71. The number of nitrogens with zero attached hydrogens (tertiary/aromatic N) is 1. The van der Waals surface area contributed by atoms with Crippen molar-refractivity contribution in [2.24, 2.45) is 0 Å². The normalized spacial score (nSPS) is 11.4. The standard InChI is InChI=1S/C18H17ClN2O2S2/c1-13-16(19)8-5-9-17(13)25(22,23)21-18-20-15(12-24-18)11-10-14-6-3-2-4-7-14/h2-9,12H,10-11H2,1H3,(H,20,21). The van der Waals surface area contributed by atoms with Crippen molar-refractivity contribution in [1.29, 1.82) is 0 Å². The molecule has 0 aliphatic heterocycles. The third kappa shape index (κ3) is 4.39. The molecule has 1 N–H and O–H groups in total. The molecule has 0 bridgehead atoms. The number of thiazole rings is 1. The first kappa shape index (κ1) is 17.9. The average Bonchev–Trinajstić information content (AvgIpc) is 3.03. The van der Waals surface area contributed by atoms with Crippen LogP contribution in [0.1, 0.15) is 16.8 Å². The molecular formula is C18H17ClN2O2S2. The van der Waals surface area contributed by atoms with Crippen LogP contribution < -0.4 is 4.72 Å². The summed E-state index contributed by atoms with van der Waals surface area (Å²) < 4.78 is 27.7. The molecule has 0 atom stereocenters. The zero-order valence-corrected chi connectivity index (χ0v) is 16.0. The Morgan fingerprint density at radius 2 is 1.84 bits per heavy atom. The van der Waals surface area contributed by atoms with Crippen LogP contribution in [-0.2, 0) is 22.9 Å². The molecule has 0 fully saturated rings. The maximum absolute atomic E-state index is 12.6. The van der Waals surface area contributed by atoms with Crippen molar-refractivity contribution in [2.75, 3.05) is 4.72 Å². The van der Waals surface area contributed by atoms with Crippen molar-refractivity contribution in [3.05, 3.63) is 75.8 Å². The van der Waals surface area contributed by atoms with E-state index in [9.17, 15) is 8.42 Å². The molecule has 4 nitrogen and oxygen atoms in total. The van der Waals surface area contributed by atoms with Gasteiger partial charge in [0.2, 0.25) is 0 Å². The van der Waals surface area contributed by atoms with Crippen LogP contribution in [-0.4, -0.2) is 13.4 Å². The maximum Gasteiger partial charge on any atom is 0.263 e. The Bertz CT molecular complexity index is 970. The summed E-state index contributed by atoms with van der Waals surface area (Å²) in [5.74, 6) is 0. The minimum Gasteiger partial charge on any atom is -0.255 e. The molecule has 0 aliphatic rings. The molecule has 0 radical (unpaired) electrons. The molecule has 0 unspecified atom stereocenters. The first-order valence-corrected chi connectivity index (χ1v) is 10.5. The summed E-state index contributed by atoms with van der Waals surface area (Å²) in [7, 11) is -3.71. The van der Waals surface area contributed by atoms with Crippen LogP contribution in [0.2, 0.25) is 5.02 Å². The van der Waals surface area contributed by atoms with E-state index in [0.29, 0.717) is 15.7 Å². The van der Waals surface area contributed by atoms with Gasteiger partial charge in [0.05, 0.1) is 10.6 Å².